The second-order valence-corrected chi connectivity index (χ2v) is 5.89. The lowest BCUT2D eigenvalue weighted by Gasteiger charge is -2.30. The smallest absolute Gasteiger partial charge is 0.321 e. The number of carbonyl (C=O) groups is 2. The van der Waals surface area contributed by atoms with Gasteiger partial charge in [-0.05, 0) is 53.4 Å². The Morgan fingerprint density at radius 1 is 1.45 bits per heavy atom. The number of carbonyl (C=O) groups excluding carboxylic acids is 1. The second-order valence-electron chi connectivity index (χ2n) is 5.04. The Balaban J connectivity index is 2.04. The molecule has 20 heavy (non-hydrogen) atoms. The number of carboxylic acids is 1. The summed E-state index contributed by atoms with van der Waals surface area (Å²) in [7, 11) is 0. The van der Waals surface area contributed by atoms with Gasteiger partial charge >= 0.3 is 12.0 Å². The summed E-state index contributed by atoms with van der Waals surface area (Å²) in [5, 5.41) is 11.9. The van der Waals surface area contributed by atoms with Crippen LogP contribution in [0.1, 0.15) is 18.4 Å². The average molecular weight is 341 g/mol. The van der Waals surface area contributed by atoms with E-state index in [1.165, 1.54) is 0 Å². The van der Waals surface area contributed by atoms with Crippen LogP contribution in [-0.4, -0.2) is 35.1 Å². The van der Waals surface area contributed by atoms with Crippen molar-refractivity contribution < 1.29 is 14.7 Å². The molecule has 1 atom stereocenters. The fourth-order valence-corrected chi connectivity index (χ4v) is 2.64. The summed E-state index contributed by atoms with van der Waals surface area (Å²) in [5.74, 6) is -1.30. The van der Waals surface area contributed by atoms with Crippen LogP contribution < -0.4 is 5.32 Å². The Labute approximate surface area is 126 Å². The molecule has 1 saturated heterocycles. The number of anilines is 1. The Bertz CT molecular complexity index is 533. The third-order valence-electron chi connectivity index (χ3n) is 3.42. The first-order valence-corrected chi connectivity index (χ1v) is 7.31. The number of aliphatic carboxylic acids is 1. The predicted octanol–water partition coefficient (Wildman–Crippen LogP) is 3.09. The van der Waals surface area contributed by atoms with E-state index < -0.39 is 11.9 Å². The van der Waals surface area contributed by atoms with E-state index in [0.29, 0.717) is 18.7 Å². The Hall–Kier alpha value is -1.56. The van der Waals surface area contributed by atoms with Gasteiger partial charge in [0.2, 0.25) is 0 Å². The van der Waals surface area contributed by atoms with Crippen LogP contribution in [0.15, 0.2) is 22.7 Å². The Morgan fingerprint density at radius 3 is 2.90 bits per heavy atom. The highest BCUT2D eigenvalue weighted by atomic mass is 79.9. The van der Waals surface area contributed by atoms with Crippen LogP contribution in [0.25, 0.3) is 0 Å². The number of carboxylic acid groups (broad SMARTS) is 1. The highest BCUT2D eigenvalue weighted by molar-refractivity contribution is 9.10. The molecule has 0 aliphatic carbocycles. The highest BCUT2D eigenvalue weighted by Gasteiger charge is 2.28. The third-order valence-corrected chi connectivity index (χ3v) is 4.11. The number of halogens is 1. The van der Waals surface area contributed by atoms with Gasteiger partial charge in [0.1, 0.15) is 0 Å². The molecule has 2 amide bonds. The van der Waals surface area contributed by atoms with Crippen molar-refractivity contribution in [1.29, 1.82) is 0 Å². The van der Waals surface area contributed by atoms with Crippen molar-refractivity contribution in [2.45, 2.75) is 19.8 Å². The molecule has 0 radical (unpaired) electrons. The molecule has 108 valence electrons. The molecule has 1 aliphatic rings. The first-order chi connectivity index (χ1) is 9.47. The first kappa shape index (κ1) is 14.8. The van der Waals surface area contributed by atoms with E-state index in [4.69, 9.17) is 5.11 Å². The highest BCUT2D eigenvalue weighted by Crippen LogP contribution is 2.24. The maximum Gasteiger partial charge on any atom is 0.321 e. The Kier molecular flexibility index (Phi) is 4.65. The number of hydrogen-bond donors (Lipinski definition) is 2. The number of urea groups is 1. The van der Waals surface area contributed by atoms with Crippen LogP contribution in [0.4, 0.5) is 10.5 Å². The van der Waals surface area contributed by atoms with E-state index in [1.54, 1.807) is 4.90 Å². The molecular weight excluding hydrogens is 324 g/mol. The van der Waals surface area contributed by atoms with Gasteiger partial charge in [0, 0.05) is 17.6 Å². The van der Waals surface area contributed by atoms with Crippen LogP contribution >= 0.6 is 15.9 Å². The van der Waals surface area contributed by atoms with Crippen LogP contribution in [0.5, 0.6) is 0 Å². The number of likely N-dealkylation sites (tertiary alicyclic amines) is 1. The fourth-order valence-electron chi connectivity index (χ4n) is 2.29. The van der Waals surface area contributed by atoms with Crippen molar-refractivity contribution >= 4 is 33.6 Å². The van der Waals surface area contributed by atoms with Crippen molar-refractivity contribution in [2.24, 2.45) is 5.92 Å². The number of aryl methyl sites for hydroxylation is 1. The van der Waals surface area contributed by atoms with Crippen molar-refractivity contribution in [3.63, 3.8) is 0 Å². The maximum atomic E-state index is 12.2. The molecule has 1 aromatic carbocycles. The minimum absolute atomic E-state index is 0.248. The summed E-state index contributed by atoms with van der Waals surface area (Å²) in [6.45, 7) is 2.81. The zero-order chi connectivity index (χ0) is 14.7. The van der Waals surface area contributed by atoms with Gasteiger partial charge in [0.15, 0.2) is 0 Å². The molecule has 1 aromatic rings. The molecule has 6 heteroatoms. The van der Waals surface area contributed by atoms with Crippen LogP contribution in [-0.2, 0) is 4.79 Å². The van der Waals surface area contributed by atoms with Crippen LogP contribution in [0.2, 0.25) is 0 Å². The zero-order valence-electron chi connectivity index (χ0n) is 11.2. The van der Waals surface area contributed by atoms with E-state index in [-0.39, 0.29) is 12.6 Å². The lowest BCUT2D eigenvalue weighted by molar-refractivity contribution is -0.143. The standard InChI is InChI=1S/C14H17BrN2O3/c1-9-4-5-11(15)12(7-9)16-14(20)17-6-2-3-10(8-17)13(18)19/h4-5,7,10H,2-3,6,8H2,1H3,(H,16,20)(H,18,19). The second kappa shape index (κ2) is 6.26. The number of benzene rings is 1. The number of nitrogens with zero attached hydrogens (tertiary/aromatic N) is 1. The molecule has 0 bridgehead atoms. The normalized spacial score (nSPS) is 18.7. The summed E-state index contributed by atoms with van der Waals surface area (Å²) in [6, 6.07) is 5.45. The number of piperidine rings is 1. The molecule has 0 spiro atoms. The maximum absolute atomic E-state index is 12.2. The van der Waals surface area contributed by atoms with E-state index in [2.05, 4.69) is 21.2 Å². The van der Waals surface area contributed by atoms with Crippen LogP contribution in [0, 0.1) is 12.8 Å². The van der Waals surface area contributed by atoms with Crippen molar-refractivity contribution in [1.82, 2.24) is 4.90 Å². The minimum Gasteiger partial charge on any atom is -0.481 e. The van der Waals surface area contributed by atoms with Gasteiger partial charge in [-0.3, -0.25) is 4.79 Å². The van der Waals surface area contributed by atoms with Gasteiger partial charge in [-0.15, -0.1) is 0 Å². The quantitative estimate of drug-likeness (QED) is 0.869. The lowest BCUT2D eigenvalue weighted by atomic mass is 9.99. The van der Waals surface area contributed by atoms with Gasteiger partial charge in [-0.25, -0.2) is 4.79 Å². The van der Waals surface area contributed by atoms with Gasteiger partial charge < -0.3 is 15.3 Å². The summed E-state index contributed by atoms with van der Waals surface area (Å²) in [6.07, 6.45) is 1.35. The average Bonchev–Trinajstić information content (AvgIpc) is 2.43. The van der Waals surface area contributed by atoms with E-state index in [1.807, 2.05) is 25.1 Å². The van der Waals surface area contributed by atoms with Crippen molar-refractivity contribution in [2.75, 3.05) is 18.4 Å². The monoisotopic (exact) mass is 340 g/mol. The molecule has 0 aromatic heterocycles. The van der Waals surface area contributed by atoms with Gasteiger partial charge in [0.05, 0.1) is 11.6 Å². The molecule has 5 nitrogen and oxygen atoms in total. The van der Waals surface area contributed by atoms with E-state index in [9.17, 15) is 9.59 Å². The summed E-state index contributed by atoms with van der Waals surface area (Å²) in [5.41, 5.74) is 1.75. The number of hydrogen-bond acceptors (Lipinski definition) is 2. The van der Waals surface area contributed by atoms with Crippen LogP contribution in [0.3, 0.4) is 0 Å². The molecule has 1 fully saturated rings. The molecule has 1 unspecified atom stereocenters. The lowest BCUT2D eigenvalue weighted by Crippen LogP contribution is -2.44. The fraction of sp³-hybridized carbons (Fsp3) is 0.429. The number of nitrogens with one attached hydrogen (secondary N) is 1. The van der Waals surface area contributed by atoms with Crippen molar-refractivity contribution in [3.05, 3.63) is 28.2 Å². The summed E-state index contributed by atoms with van der Waals surface area (Å²) < 4.78 is 0.809. The van der Waals surface area contributed by atoms with E-state index in [0.717, 1.165) is 16.5 Å². The molecular formula is C14H17BrN2O3. The Morgan fingerprint density at radius 2 is 2.20 bits per heavy atom. The van der Waals surface area contributed by atoms with Crippen molar-refractivity contribution in [3.8, 4) is 0 Å². The molecule has 1 heterocycles. The zero-order valence-corrected chi connectivity index (χ0v) is 12.8. The molecule has 1 aliphatic heterocycles. The molecule has 2 N–H and O–H groups in total. The topological polar surface area (TPSA) is 69.6 Å². The summed E-state index contributed by atoms with van der Waals surface area (Å²) >= 11 is 3.39. The van der Waals surface area contributed by atoms with Gasteiger partial charge in [-0.2, -0.15) is 0 Å². The SMILES string of the molecule is Cc1ccc(Br)c(NC(=O)N2CCCC(C(=O)O)C2)c1. The predicted molar refractivity (Wildman–Crippen MR) is 79.8 cm³/mol. The summed E-state index contributed by atoms with van der Waals surface area (Å²) in [4.78, 5) is 24.8. The van der Waals surface area contributed by atoms with E-state index >= 15 is 0 Å². The third kappa shape index (κ3) is 3.50. The number of rotatable bonds is 2. The number of amides is 2. The minimum atomic E-state index is -0.834. The molecule has 0 saturated carbocycles. The van der Waals surface area contributed by atoms with Gasteiger partial charge in [0.25, 0.3) is 0 Å². The first-order valence-electron chi connectivity index (χ1n) is 6.52. The van der Waals surface area contributed by atoms with Gasteiger partial charge in [-0.1, -0.05) is 6.07 Å². The molecule has 2 rings (SSSR count). The largest absolute Gasteiger partial charge is 0.481 e.